The molecule has 0 amide bonds. The molecule has 5 heteroatoms. The number of aryl methyl sites for hydroxylation is 1. The van der Waals surface area contributed by atoms with Gasteiger partial charge >= 0.3 is 0 Å². The van der Waals surface area contributed by atoms with Crippen LogP contribution in [0.4, 0.5) is 4.39 Å². The highest BCUT2D eigenvalue weighted by Gasteiger charge is 2.49. The van der Waals surface area contributed by atoms with Crippen LogP contribution in [0.15, 0.2) is 60.4 Å². The molecule has 1 saturated carbocycles. The van der Waals surface area contributed by atoms with Gasteiger partial charge in [0.2, 0.25) is 0 Å². The molecule has 0 bridgehead atoms. The maximum Gasteiger partial charge on any atom is 0.144 e. The molecule has 0 saturated heterocycles. The van der Waals surface area contributed by atoms with Gasteiger partial charge in [-0.05, 0) is 44.0 Å². The van der Waals surface area contributed by atoms with Gasteiger partial charge in [-0.2, -0.15) is 0 Å². The lowest BCUT2D eigenvalue weighted by molar-refractivity contribution is -0.0192. The SMILES string of the molecule is CCCc1cccc2c1O[C@H]1C[C@@H](O)[C@H](/C=C(\F)[C@@H](O)C(C)(C)Oc3ccccc3)[C@@H]21. The molecule has 2 aromatic rings. The van der Waals surface area contributed by atoms with Crippen molar-refractivity contribution in [2.24, 2.45) is 5.92 Å². The summed E-state index contributed by atoms with van der Waals surface area (Å²) in [5.41, 5.74) is 1.00. The normalized spacial score (nSPS) is 26.2. The Morgan fingerprint density at radius 2 is 1.97 bits per heavy atom. The van der Waals surface area contributed by atoms with Gasteiger partial charge in [0.15, 0.2) is 0 Å². The van der Waals surface area contributed by atoms with Crippen molar-refractivity contribution in [1.29, 1.82) is 0 Å². The third kappa shape index (κ3) is 4.21. The molecule has 1 aliphatic carbocycles. The van der Waals surface area contributed by atoms with Crippen LogP contribution in [0.25, 0.3) is 0 Å². The largest absolute Gasteiger partial charge is 0.489 e. The number of fused-ring (bicyclic) bond motifs is 3. The third-order valence-corrected chi connectivity index (χ3v) is 6.40. The second-order valence-electron chi connectivity index (χ2n) is 9.12. The third-order valence-electron chi connectivity index (χ3n) is 6.40. The van der Waals surface area contributed by atoms with Crippen molar-refractivity contribution in [3.63, 3.8) is 0 Å². The molecule has 4 nitrogen and oxygen atoms in total. The van der Waals surface area contributed by atoms with Gasteiger partial charge in [-0.25, -0.2) is 4.39 Å². The summed E-state index contributed by atoms with van der Waals surface area (Å²) in [6.07, 6.45) is 1.38. The predicted octanol–water partition coefficient (Wildman–Crippen LogP) is 4.94. The molecular formula is C26H31FO4. The highest BCUT2D eigenvalue weighted by molar-refractivity contribution is 5.49. The smallest absolute Gasteiger partial charge is 0.144 e. The summed E-state index contributed by atoms with van der Waals surface area (Å²) in [4.78, 5) is 0. The number of hydrogen-bond acceptors (Lipinski definition) is 4. The van der Waals surface area contributed by atoms with Gasteiger partial charge in [-0.3, -0.25) is 0 Å². The zero-order valence-corrected chi connectivity index (χ0v) is 18.3. The number of benzene rings is 2. The van der Waals surface area contributed by atoms with E-state index in [0.29, 0.717) is 12.2 Å². The van der Waals surface area contributed by atoms with Gasteiger partial charge in [0.1, 0.15) is 35.1 Å². The summed E-state index contributed by atoms with van der Waals surface area (Å²) in [6, 6.07) is 15.1. The molecule has 2 aromatic carbocycles. The Labute approximate surface area is 183 Å². The Bertz CT molecular complexity index is 940. The van der Waals surface area contributed by atoms with E-state index >= 15 is 4.39 Å². The lowest BCUT2D eigenvalue weighted by Gasteiger charge is -2.31. The minimum Gasteiger partial charge on any atom is -0.489 e. The van der Waals surface area contributed by atoms with Gasteiger partial charge in [0, 0.05) is 23.8 Å². The summed E-state index contributed by atoms with van der Waals surface area (Å²) in [5.74, 6) is 0.159. The summed E-state index contributed by atoms with van der Waals surface area (Å²) in [5, 5.41) is 21.4. The van der Waals surface area contributed by atoms with Crippen molar-refractivity contribution < 1.29 is 24.1 Å². The second-order valence-corrected chi connectivity index (χ2v) is 9.12. The molecule has 0 unspecified atom stereocenters. The molecule has 2 aliphatic rings. The second kappa shape index (κ2) is 8.64. The number of rotatable bonds is 7. The van der Waals surface area contributed by atoms with Crippen LogP contribution in [-0.4, -0.2) is 34.1 Å². The summed E-state index contributed by atoms with van der Waals surface area (Å²) in [7, 11) is 0. The van der Waals surface area contributed by atoms with Crippen LogP contribution in [0.5, 0.6) is 11.5 Å². The first-order valence-electron chi connectivity index (χ1n) is 11.1. The van der Waals surface area contributed by atoms with E-state index in [2.05, 4.69) is 13.0 Å². The minimum absolute atomic E-state index is 0.127. The van der Waals surface area contributed by atoms with Gasteiger partial charge < -0.3 is 19.7 Å². The van der Waals surface area contributed by atoms with Crippen LogP contribution >= 0.6 is 0 Å². The van der Waals surface area contributed by atoms with Crippen LogP contribution in [0.2, 0.25) is 0 Å². The fourth-order valence-corrected chi connectivity index (χ4v) is 4.86. The first-order chi connectivity index (χ1) is 14.8. The Morgan fingerprint density at radius 1 is 1.23 bits per heavy atom. The number of aliphatic hydroxyl groups is 2. The maximum absolute atomic E-state index is 15.2. The van der Waals surface area contributed by atoms with E-state index in [9.17, 15) is 10.2 Å². The van der Waals surface area contributed by atoms with E-state index in [0.717, 1.165) is 29.7 Å². The monoisotopic (exact) mass is 426 g/mol. The Kier molecular flexibility index (Phi) is 6.09. The zero-order valence-electron chi connectivity index (χ0n) is 18.3. The Morgan fingerprint density at radius 3 is 2.68 bits per heavy atom. The molecule has 166 valence electrons. The average molecular weight is 427 g/mol. The molecule has 31 heavy (non-hydrogen) atoms. The molecule has 1 heterocycles. The quantitative estimate of drug-likeness (QED) is 0.659. The number of ether oxygens (including phenoxy) is 2. The van der Waals surface area contributed by atoms with Crippen molar-refractivity contribution >= 4 is 0 Å². The van der Waals surface area contributed by atoms with Crippen molar-refractivity contribution in [2.75, 3.05) is 0 Å². The first kappa shape index (κ1) is 21.8. The fraction of sp³-hybridized carbons (Fsp3) is 0.462. The highest BCUT2D eigenvalue weighted by atomic mass is 19.1. The first-order valence-corrected chi connectivity index (χ1v) is 11.1. The van der Waals surface area contributed by atoms with Gasteiger partial charge in [0.05, 0.1) is 6.10 Å². The van der Waals surface area contributed by atoms with Gasteiger partial charge in [0.25, 0.3) is 0 Å². The van der Waals surface area contributed by atoms with Crippen LogP contribution in [-0.2, 0) is 6.42 Å². The Balaban J connectivity index is 1.57. The van der Waals surface area contributed by atoms with Gasteiger partial charge in [-0.15, -0.1) is 0 Å². The molecule has 0 aromatic heterocycles. The van der Waals surface area contributed by atoms with Crippen molar-refractivity contribution in [3.8, 4) is 11.5 Å². The van der Waals surface area contributed by atoms with Crippen molar-refractivity contribution in [2.45, 2.75) is 69.9 Å². The number of aliphatic hydroxyl groups excluding tert-OH is 2. The molecule has 4 rings (SSSR count). The van der Waals surface area contributed by atoms with E-state index in [1.54, 1.807) is 26.0 Å². The topological polar surface area (TPSA) is 58.9 Å². The van der Waals surface area contributed by atoms with Crippen molar-refractivity contribution in [1.82, 2.24) is 0 Å². The van der Waals surface area contributed by atoms with E-state index in [4.69, 9.17) is 9.47 Å². The molecule has 1 fully saturated rings. The van der Waals surface area contributed by atoms with E-state index in [1.165, 1.54) is 6.08 Å². The van der Waals surface area contributed by atoms with Crippen LogP contribution in [0.1, 0.15) is 50.7 Å². The average Bonchev–Trinajstić information content (AvgIpc) is 3.24. The highest BCUT2D eigenvalue weighted by Crippen LogP contribution is 2.52. The maximum atomic E-state index is 15.2. The summed E-state index contributed by atoms with van der Waals surface area (Å²) < 4.78 is 27.3. The summed E-state index contributed by atoms with van der Waals surface area (Å²) in [6.45, 7) is 5.43. The number of halogens is 1. The lowest BCUT2D eigenvalue weighted by Crippen LogP contribution is -2.42. The number of para-hydroxylation sites is 2. The molecule has 5 atom stereocenters. The van der Waals surface area contributed by atoms with Crippen molar-refractivity contribution in [3.05, 3.63) is 71.6 Å². The van der Waals surface area contributed by atoms with Crippen LogP contribution in [0, 0.1) is 5.92 Å². The standard InChI is InChI=1S/C26H31FO4/c1-4-9-16-10-8-13-18-23-19(21(28)15-22(23)30-24(16)18)14-20(27)25(29)26(2,3)31-17-11-6-5-7-12-17/h5-8,10-14,19,21-23,25,28-29H,4,9,15H2,1-3H3/b20-14-/t19-,21+,22-,23+,25+/m0/s1. The van der Waals surface area contributed by atoms with E-state index in [1.807, 2.05) is 30.3 Å². The molecule has 0 radical (unpaired) electrons. The molecule has 2 N–H and O–H groups in total. The number of hydrogen-bond donors (Lipinski definition) is 2. The minimum atomic E-state index is -1.47. The molecular weight excluding hydrogens is 395 g/mol. The van der Waals surface area contributed by atoms with E-state index < -0.39 is 29.6 Å². The molecule has 1 aliphatic heterocycles. The van der Waals surface area contributed by atoms with Gasteiger partial charge in [-0.1, -0.05) is 49.7 Å². The predicted molar refractivity (Wildman–Crippen MR) is 118 cm³/mol. The lowest BCUT2D eigenvalue weighted by atomic mass is 9.85. The zero-order chi connectivity index (χ0) is 22.2. The summed E-state index contributed by atoms with van der Waals surface area (Å²) >= 11 is 0. The van der Waals surface area contributed by atoms with Crippen LogP contribution in [0.3, 0.4) is 0 Å². The fourth-order valence-electron chi connectivity index (χ4n) is 4.86. The van der Waals surface area contributed by atoms with E-state index in [-0.39, 0.29) is 12.0 Å². The molecule has 0 spiro atoms. The Hall–Kier alpha value is -2.37. The van der Waals surface area contributed by atoms with Crippen LogP contribution < -0.4 is 9.47 Å².